The minimum absolute atomic E-state index is 0.806. The smallest absolute Gasteiger partial charge is 0.0346 e. The Morgan fingerprint density at radius 2 is 1.93 bits per heavy atom. The molecule has 1 N–H and O–H groups in total. The molecule has 2 rings (SSSR count). The zero-order valence-corrected chi connectivity index (χ0v) is 9.21. The third-order valence-electron chi connectivity index (χ3n) is 3.14. The summed E-state index contributed by atoms with van der Waals surface area (Å²) in [6, 6.07) is 0.806. The largest absolute Gasteiger partial charge is 0.314 e. The van der Waals surface area contributed by atoms with E-state index in [1.807, 2.05) is 6.08 Å². The van der Waals surface area contributed by atoms with Crippen molar-refractivity contribution < 1.29 is 0 Å². The van der Waals surface area contributed by atoms with E-state index in [1.54, 1.807) is 5.54 Å². The van der Waals surface area contributed by atoms with Gasteiger partial charge in [0, 0.05) is 57.4 Å². The van der Waals surface area contributed by atoms with Crippen LogP contribution in [-0.4, -0.2) is 61.7 Å². The van der Waals surface area contributed by atoms with E-state index in [4.69, 9.17) is 11.6 Å². The van der Waals surface area contributed by atoms with Crippen molar-refractivity contribution in [2.75, 3.05) is 45.8 Å². The molecule has 0 bridgehead atoms. The molecular formula is C10H18ClN3. The third-order valence-corrected chi connectivity index (χ3v) is 3.31. The second-order valence-electron chi connectivity index (χ2n) is 4.01. The number of rotatable bonds is 3. The average molecular weight is 216 g/mol. The Bertz CT molecular complexity index is 196. The van der Waals surface area contributed by atoms with Gasteiger partial charge in [0.15, 0.2) is 0 Å². The Kier molecular flexibility index (Phi) is 3.81. The van der Waals surface area contributed by atoms with Crippen LogP contribution in [-0.2, 0) is 0 Å². The van der Waals surface area contributed by atoms with Crippen molar-refractivity contribution in [2.45, 2.75) is 6.04 Å². The molecule has 14 heavy (non-hydrogen) atoms. The summed E-state index contributed by atoms with van der Waals surface area (Å²) in [4.78, 5) is 5.04. The molecule has 0 aromatic rings. The number of hydrogen-bond acceptors (Lipinski definition) is 3. The highest BCUT2D eigenvalue weighted by Gasteiger charge is 2.26. The molecule has 0 unspecified atom stereocenters. The predicted molar refractivity (Wildman–Crippen MR) is 59.7 cm³/mol. The third kappa shape index (κ3) is 2.48. The fraction of sp³-hybridized carbons (Fsp3) is 0.800. The molecule has 2 heterocycles. The highest BCUT2D eigenvalue weighted by molar-refractivity contribution is 6.25. The van der Waals surface area contributed by atoms with Gasteiger partial charge in [-0.3, -0.25) is 9.80 Å². The van der Waals surface area contributed by atoms with Crippen molar-refractivity contribution in [1.29, 1.82) is 0 Å². The number of piperazine rings is 1. The standard InChI is InChI=1S/C10H18ClN3/c11-2-1-3-13-4-6-14(7-5-13)10-8-12-9-10/h1-2,10,12H,3-9H2. The first-order valence-electron chi connectivity index (χ1n) is 5.32. The lowest BCUT2D eigenvalue weighted by molar-refractivity contribution is 0.0782. The van der Waals surface area contributed by atoms with Gasteiger partial charge in [0.1, 0.15) is 0 Å². The van der Waals surface area contributed by atoms with Crippen molar-refractivity contribution in [2.24, 2.45) is 0 Å². The van der Waals surface area contributed by atoms with E-state index in [1.165, 1.54) is 39.3 Å². The lowest BCUT2D eigenvalue weighted by Crippen LogP contribution is -2.61. The molecule has 2 fully saturated rings. The first-order chi connectivity index (χ1) is 6.90. The predicted octanol–water partition coefficient (Wildman–Crippen LogP) is 0.328. The van der Waals surface area contributed by atoms with Gasteiger partial charge in [-0.1, -0.05) is 17.7 Å². The van der Waals surface area contributed by atoms with Crippen molar-refractivity contribution in [3.8, 4) is 0 Å². The quantitative estimate of drug-likeness (QED) is 0.732. The van der Waals surface area contributed by atoms with Crippen LogP contribution < -0.4 is 5.32 Å². The van der Waals surface area contributed by atoms with Crippen LogP contribution in [0.5, 0.6) is 0 Å². The van der Waals surface area contributed by atoms with Gasteiger partial charge in [0.05, 0.1) is 0 Å². The van der Waals surface area contributed by atoms with Gasteiger partial charge in [0.25, 0.3) is 0 Å². The van der Waals surface area contributed by atoms with Crippen LogP contribution in [0.25, 0.3) is 0 Å². The van der Waals surface area contributed by atoms with Gasteiger partial charge < -0.3 is 5.32 Å². The van der Waals surface area contributed by atoms with E-state index in [0.717, 1.165) is 12.6 Å². The summed E-state index contributed by atoms with van der Waals surface area (Å²) in [6.45, 7) is 8.14. The fourth-order valence-corrected chi connectivity index (χ4v) is 2.11. The van der Waals surface area contributed by atoms with Gasteiger partial charge in [-0.05, 0) is 0 Å². The zero-order chi connectivity index (χ0) is 9.80. The zero-order valence-electron chi connectivity index (χ0n) is 8.45. The average Bonchev–Trinajstić information content (AvgIpc) is 2.14. The molecule has 0 aromatic carbocycles. The van der Waals surface area contributed by atoms with E-state index in [-0.39, 0.29) is 0 Å². The maximum Gasteiger partial charge on any atom is 0.0346 e. The van der Waals surface area contributed by atoms with E-state index < -0.39 is 0 Å². The first-order valence-corrected chi connectivity index (χ1v) is 5.76. The Labute approximate surface area is 90.7 Å². The minimum Gasteiger partial charge on any atom is -0.314 e. The van der Waals surface area contributed by atoms with Crippen LogP contribution in [0.3, 0.4) is 0 Å². The maximum absolute atomic E-state index is 5.51. The summed E-state index contributed by atoms with van der Waals surface area (Å²) in [5.41, 5.74) is 1.61. The highest BCUT2D eigenvalue weighted by Crippen LogP contribution is 2.09. The molecule has 0 saturated carbocycles. The highest BCUT2D eigenvalue weighted by atomic mass is 35.5. The number of hydrogen-bond donors (Lipinski definition) is 1. The summed E-state index contributed by atoms with van der Waals surface area (Å²) < 4.78 is 0. The fourth-order valence-electron chi connectivity index (χ4n) is 2.03. The molecule has 4 heteroatoms. The molecular weight excluding hydrogens is 198 g/mol. The van der Waals surface area contributed by atoms with Crippen LogP contribution in [0.1, 0.15) is 0 Å². The minimum atomic E-state index is 0.806. The molecule has 0 spiro atoms. The van der Waals surface area contributed by atoms with E-state index in [2.05, 4.69) is 15.1 Å². The molecule has 0 atom stereocenters. The molecule has 80 valence electrons. The second kappa shape index (κ2) is 5.12. The molecule has 3 nitrogen and oxygen atoms in total. The van der Waals surface area contributed by atoms with Gasteiger partial charge in [0.2, 0.25) is 0 Å². The lowest BCUT2D eigenvalue weighted by Gasteiger charge is -2.43. The van der Waals surface area contributed by atoms with Crippen LogP contribution in [0.15, 0.2) is 11.6 Å². The molecule has 2 saturated heterocycles. The summed E-state index contributed by atoms with van der Waals surface area (Å²) >= 11 is 5.51. The van der Waals surface area contributed by atoms with Crippen molar-refractivity contribution in [3.05, 3.63) is 11.6 Å². The monoisotopic (exact) mass is 215 g/mol. The topological polar surface area (TPSA) is 18.5 Å². The molecule has 0 aliphatic carbocycles. The van der Waals surface area contributed by atoms with E-state index in [0.29, 0.717) is 0 Å². The van der Waals surface area contributed by atoms with Crippen molar-refractivity contribution >= 4 is 11.6 Å². The molecule has 0 radical (unpaired) electrons. The Morgan fingerprint density at radius 1 is 1.21 bits per heavy atom. The maximum atomic E-state index is 5.51. The normalized spacial score (nSPS) is 26.9. The SMILES string of the molecule is ClC=CCN1CCN(C2CNC2)CC1. The second-order valence-corrected chi connectivity index (χ2v) is 4.26. The van der Waals surface area contributed by atoms with Crippen molar-refractivity contribution in [1.82, 2.24) is 15.1 Å². The van der Waals surface area contributed by atoms with Crippen LogP contribution >= 0.6 is 11.6 Å². The number of nitrogens with one attached hydrogen (secondary N) is 1. The number of nitrogens with zero attached hydrogens (tertiary/aromatic N) is 2. The molecule has 2 aliphatic rings. The summed E-state index contributed by atoms with van der Waals surface area (Å²) in [5.74, 6) is 0. The van der Waals surface area contributed by atoms with Crippen LogP contribution in [0, 0.1) is 0 Å². The lowest BCUT2D eigenvalue weighted by atomic mass is 10.1. The first kappa shape index (κ1) is 10.4. The van der Waals surface area contributed by atoms with E-state index >= 15 is 0 Å². The molecule has 0 aromatic heterocycles. The summed E-state index contributed by atoms with van der Waals surface area (Å²) in [5, 5.41) is 3.32. The van der Waals surface area contributed by atoms with Gasteiger partial charge in [-0.25, -0.2) is 0 Å². The van der Waals surface area contributed by atoms with Gasteiger partial charge in [-0.2, -0.15) is 0 Å². The van der Waals surface area contributed by atoms with Crippen molar-refractivity contribution in [3.63, 3.8) is 0 Å². The Balaban J connectivity index is 1.69. The van der Waals surface area contributed by atoms with Crippen LogP contribution in [0.4, 0.5) is 0 Å². The van der Waals surface area contributed by atoms with Crippen LogP contribution in [0.2, 0.25) is 0 Å². The Hall–Kier alpha value is -0.0900. The van der Waals surface area contributed by atoms with E-state index in [9.17, 15) is 0 Å². The van der Waals surface area contributed by atoms with Gasteiger partial charge in [-0.15, -0.1) is 0 Å². The van der Waals surface area contributed by atoms with Gasteiger partial charge >= 0.3 is 0 Å². The Morgan fingerprint density at radius 3 is 2.43 bits per heavy atom. The summed E-state index contributed by atoms with van der Waals surface area (Å²) in [6.07, 6.45) is 2.02. The summed E-state index contributed by atoms with van der Waals surface area (Å²) in [7, 11) is 0. The molecule has 0 amide bonds. The molecule has 2 aliphatic heterocycles. The number of halogens is 1.